The Balaban J connectivity index is 1.75. The Kier molecular flexibility index (Phi) is 6.05. The van der Waals surface area contributed by atoms with Gasteiger partial charge in [-0.2, -0.15) is 0 Å². The minimum absolute atomic E-state index is 0.140. The first-order valence-electron chi connectivity index (χ1n) is 9.87. The second-order valence-corrected chi connectivity index (χ2v) is 7.74. The Morgan fingerprint density at radius 1 is 0.879 bits per heavy atom. The van der Waals surface area contributed by atoms with Gasteiger partial charge in [0.1, 0.15) is 47.2 Å². The van der Waals surface area contributed by atoms with Crippen LogP contribution in [0.25, 0.3) is 0 Å². The fraction of sp³-hybridized carbons (Fsp3) is 0.381. The summed E-state index contributed by atoms with van der Waals surface area (Å²) in [4.78, 5) is 13.3. The van der Waals surface area contributed by atoms with Crippen LogP contribution in [-0.2, 0) is 9.47 Å². The van der Waals surface area contributed by atoms with Crippen molar-refractivity contribution < 1.29 is 59.9 Å². The molecule has 12 heteroatoms. The molecule has 1 saturated heterocycles. The van der Waals surface area contributed by atoms with E-state index in [4.69, 9.17) is 14.2 Å². The molecule has 2 aliphatic rings. The molecule has 0 saturated carbocycles. The molecule has 7 atom stereocenters. The molecule has 33 heavy (non-hydrogen) atoms. The highest BCUT2D eigenvalue weighted by Gasteiger charge is 2.49. The summed E-state index contributed by atoms with van der Waals surface area (Å²) in [6.07, 6.45) is -11.2. The molecular formula is C21H22O12. The molecule has 0 aliphatic carbocycles. The van der Waals surface area contributed by atoms with Gasteiger partial charge in [-0.1, -0.05) is 6.07 Å². The fourth-order valence-electron chi connectivity index (χ4n) is 3.82. The van der Waals surface area contributed by atoms with Crippen molar-refractivity contribution in [3.63, 3.8) is 0 Å². The van der Waals surface area contributed by atoms with Gasteiger partial charge in [-0.05, 0) is 17.7 Å². The highest BCUT2D eigenvalue weighted by atomic mass is 16.7. The number of benzene rings is 2. The molecule has 2 aromatic carbocycles. The lowest BCUT2D eigenvalue weighted by atomic mass is 9.92. The number of aliphatic hydroxyl groups excluding tert-OH is 4. The SMILES string of the molecule is O=C1c2c(O)cc(O)cc2OC(c2ccc(O)c(O)c2)C1O[C@@H]1O[C@H](CO)[C@@H](O)[C@H](O)[C@H]1O. The summed E-state index contributed by atoms with van der Waals surface area (Å²) in [5.74, 6) is -3.00. The fourth-order valence-corrected chi connectivity index (χ4v) is 3.82. The van der Waals surface area contributed by atoms with Crippen molar-refractivity contribution in [3.8, 4) is 28.7 Å². The van der Waals surface area contributed by atoms with Crippen LogP contribution >= 0.6 is 0 Å². The topological polar surface area (TPSA) is 207 Å². The van der Waals surface area contributed by atoms with E-state index in [-0.39, 0.29) is 22.6 Å². The lowest BCUT2D eigenvalue weighted by Crippen LogP contribution is -2.60. The molecule has 0 radical (unpaired) electrons. The maximum absolute atomic E-state index is 13.3. The van der Waals surface area contributed by atoms with Gasteiger partial charge in [0.25, 0.3) is 0 Å². The van der Waals surface area contributed by atoms with Gasteiger partial charge in [-0.15, -0.1) is 0 Å². The van der Waals surface area contributed by atoms with Gasteiger partial charge in [0.05, 0.1) is 6.61 Å². The molecule has 2 unspecified atom stereocenters. The minimum atomic E-state index is -1.82. The Bertz CT molecular complexity index is 1050. The van der Waals surface area contributed by atoms with E-state index in [1.54, 1.807) is 0 Å². The smallest absolute Gasteiger partial charge is 0.203 e. The average Bonchev–Trinajstić information content (AvgIpc) is 2.76. The molecular weight excluding hydrogens is 444 g/mol. The molecule has 8 N–H and O–H groups in total. The zero-order valence-corrected chi connectivity index (χ0v) is 16.8. The summed E-state index contributed by atoms with van der Waals surface area (Å²) in [6, 6.07) is 5.57. The summed E-state index contributed by atoms with van der Waals surface area (Å²) in [5.41, 5.74) is -0.191. The van der Waals surface area contributed by atoms with Crippen LogP contribution in [0.4, 0.5) is 0 Å². The number of phenols is 4. The quantitative estimate of drug-likeness (QED) is 0.256. The number of phenolic OH excluding ortho intramolecular Hbond substituents is 4. The molecule has 0 bridgehead atoms. The lowest BCUT2D eigenvalue weighted by Gasteiger charge is -2.42. The zero-order valence-electron chi connectivity index (χ0n) is 16.8. The van der Waals surface area contributed by atoms with Gasteiger partial charge < -0.3 is 55.1 Å². The van der Waals surface area contributed by atoms with Crippen LogP contribution in [0.15, 0.2) is 30.3 Å². The highest BCUT2D eigenvalue weighted by molar-refractivity contribution is 6.05. The van der Waals surface area contributed by atoms with Crippen molar-refractivity contribution in [2.45, 2.75) is 42.9 Å². The van der Waals surface area contributed by atoms with Crippen molar-refractivity contribution in [2.75, 3.05) is 6.61 Å². The molecule has 12 nitrogen and oxygen atoms in total. The Morgan fingerprint density at radius 3 is 2.27 bits per heavy atom. The third-order valence-corrected chi connectivity index (χ3v) is 5.56. The Morgan fingerprint density at radius 2 is 1.61 bits per heavy atom. The Hall–Kier alpha value is -3.13. The first kappa shape index (κ1) is 23.0. The molecule has 2 heterocycles. The first-order chi connectivity index (χ1) is 15.6. The van der Waals surface area contributed by atoms with Crippen molar-refractivity contribution in [1.82, 2.24) is 0 Å². The van der Waals surface area contributed by atoms with Crippen molar-refractivity contribution >= 4 is 5.78 Å². The van der Waals surface area contributed by atoms with Crippen molar-refractivity contribution in [1.29, 1.82) is 0 Å². The average molecular weight is 466 g/mol. The first-order valence-corrected chi connectivity index (χ1v) is 9.87. The largest absolute Gasteiger partial charge is 0.508 e. The third kappa shape index (κ3) is 4.04. The van der Waals surface area contributed by atoms with Gasteiger partial charge >= 0.3 is 0 Å². The maximum Gasteiger partial charge on any atom is 0.203 e. The molecule has 0 aromatic heterocycles. The van der Waals surface area contributed by atoms with E-state index in [0.29, 0.717) is 0 Å². The maximum atomic E-state index is 13.3. The number of rotatable bonds is 4. The van der Waals surface area contributed by atoms with E-state index in [1.807, 2.05) is 0 Å². The monoisotopic (exact) mass is 466 g/mol. The van der Waals surface area contributed by atoms with E-state index >= 15 is 0 Å². The molecule has 0 amide bonds. The van der Waals surface area contributed by atoms with Crippen LogP contribution in [0, 0.1) is 0 Å². The van der Waals surface area contributed by atoms with Crippen molar-refractivity contribution in [3.05, 3.63) is 41.5 Å². The van der Waals surface area contributed by atoms with E-state index in [2.05, 4.69) is 0 Å². The van der Waals surface area contributed by atoms with E-state index in [9.17, 15) is 45.6 Å². The van der Waals surface area contributed by atoms with Crippen LogP contribution in [0.2, 0.25) is 0 Å². The second kappa shape index (κ2) is 8.67. The lowest BCUT2D eigenvalue weighted by molar-refractivity contribution is -0.311. The molecule has 2 aliphatic heterocycles. The number of ether oxygens (including phenoxy) is 3. The number of hydrogen-bond donors (Lipinski definition) is 8. The van der Waals surface area contributed by atoms with E-state index in [1.165, 1.54) is 6.07 Å². The molecule has 2 aromatic rings. The molecule has 1 fully saturated rings. The zero-order chi connectivity index (χ0) is 24.0. The number of carbonyl (C=O) groups excluding carboxylic acids is 1. The summed E-state index contributed by atoms with van der Waals surface area (Å²) in [6.45, 7) is -0.724. The number of Topliss-reactive ketones (excluding diaryl/α,β-unsaturated/α-hetero) is 1. The highest BCUT2D eigenvalue weighted by Crippen LogP contribution is 2.44. The molecule has 178 valence electrons. The number of carbonyl (C=O) groups is 1. The Labute approximate surface area is 186 Å². The third-order valence-electron chi connectivity index (χ3n) is 5.56. The standard InChI is InChI=1S/C21H22O12/c22-6-13-15(27)17(29)18(30)21(32-13)33-20-16(28)14-11(26)4-8(23)5-12(14)31-19(20)7-1-2-9(24)10(25)3-7/h1-5,13,15,17-27,29-30H,6H2/t13-,15-,17+,18-,19?,20?,21+/m1/s1. The van der Waals surface area contributed by atoms with Gasteiger partial charge in [-0.3, -0.25) is 4.79 Å². The van der Waals surface area contributed by atoms with Crippen LogP contribution < -0.4 is 4.74 Å². The van der Waals surface area contributed by atoms with Gasteiger partial charge in [0, 0.05) is 12.1 Å². The van der Waals surface area contributed by atoms with Crippen LogP contribution in [0.5, 0.6) is 28.7 Å². The molecule has 0 spiro atoms. The predicted molar refractivity (Wildman–Crippen MR) is 106 cm³/mol. The summed E-state index contributed by atoms with van der Waals surface area (Å²) in [7, 11) is 0. The number of fused-ring (bicyclic) bond motifs is 1. The number of ketones is 1. The van der Waals surface area contributed by atoms with Gasteiger partial charge in [0.2, 0.25) is 5.78 Å². The van der Waals surface area contributed by atoms with Gasteiger partial charge in [-0.25, -0.2) is 0 Å². The van der Waals surface area contributed by atoms with Gasteiger partial charge in [0.15, 0.2) is 30.0 Å². The summed E-state index contributed by atoms with van der Waals surface area (Å²) >= 11 is 0. The number of aliphatic hydroxyl groups is 4. The summed E-state index contributed by atoms with van der Waals surface area (Å²) in [5, 5.41) is 79.2. The van der Waals surface area contributed by atoms with Crippen LogP contribution in [0.1, 0.15) is 22.0 Å². The van der Waals surface area contributed by atoms with E-state index < -0.39 is 72.6 Å². The predicted octanol–water partition coefficient (Wildman–Crippen LogP) is -0.990. The minimum Gasteiger partial charge on any atom is -0.508 e. The number of hydrogen-bond acceptors (Lipinski definition) is 12. The second-order valence-electron chi connectivity index (χ2n) is 7.74. The van der Waals surface area contributed by atoms with Crippen LogP contribution in [-0.4, -0.2) is 90.1 Å². The molecule has 4 rings (SSSR count). The van der Waals surface area contributed by atoms with E-state index in [0.717, 1.165) is 24.3 Å². The number of aromatic hydroxyl groups is 4. The summed E-state index contributed by atoms with van der Waals surface area (Å²) < 4.78 is 16.7. The normalized spacial score (nSPS) is 31.6. The van der Waals surface area contributed by atoms with Crippen molar-refractivity contribution in [2.24, 2.45) is 0 Å². The van der Waals surface area contributed by atoms with Crippen LogP contribution in [0.3, 0.4) is 0 Å².